The van der Waals surface area contributed by atoms with E-state index in [9.17, 15) is 8.42 Å². The minimum absolute atomic E-state index is 0.0305. The molecule has 0 radical (unpaired) electrons. The van der Waals surface area contributed by atoms with Gasteiger partial charge in [0.05, 0.1) is 17.3 Å². The first-order valence-electron chi connectivity index (χ1n) is 6.15. The second-order valence-electron chi connectivity index (χ2n) is 4.89. The van der Waals surface area contributed by atoms with Gasteiger partial charge in [0, 0.05) is 0 Å². The van der Waals surface area contributed by atoms with Crippen LogP contribution in [0.1, 0.15) is 13.8 Å². The standard InChI is InChI=1S/C14H18O4S/c1-14(2)17-11-12(18-14)7-6-10-19(15,16)13-8-4-3-5-9-13/h3-9,12H,10-11H2,1-2H3/b7-6+. The Morgan fingerprint density at radius 2 is 2.00 bits per heavy atom. The highest BCUT2D eigenvalue weighted by Crippen LogP contribution is 2.22. The monoisotopic (exact) mass is 282 g/mol. The molecule has 1 saturated heterocycles. The summed E-state index contributed by atoms with van der Waals surface area (Å²) in [4.78, 5) is 0.337. The SMILES string of the molecule is CC1(C)OCC(/C=C/CS(=O)(=O)c2ccccc2)O1. The van der Waals surface area contributed by atoms with Crippen molar-refractivity contribution in [3.63, 3.8) is 0 Å². The van der Waals surface area contributed by atoms with Gasteiger partial charge in [0.1, 0.15) is 6.10 Å². The summed E-state index contributed by atoms with van der Waals surface area (Å²) in [6.07, 6.45) is 3.19. The van der Waals surface area contributed by atoms with Gasteiger partial charge >= 0.3 is 0 Å². The Balaban J connectivity index is 1.96. The predicted molar refractivity (Wildman–Crippen MR) is 72.5 cm³/mol. The van der Waals surface area contributed by atoms with Crippen molar-refractivity contribution in [1.82, 2.24) is 0 Å². The molecule has 5 heteroatoms. The van der Waals surface area contributed by atoms with Crippen molar-refractivity contribution >= 4 is 9.84 Å². The molecule has 0 amide bonds. The van der Waals surface area contributed by atoms with Crippen LogP contribution in [0.3, 0.4) is 0 Å². The third kappa shape index (κ3) is 3.89. The van der Waals surface area contributed by atoms with E-state index < -0.39 is 15.6 Å². The minimum atomic E-state index is -3.26. The highest BCUT2D eigenvalue weighted by molar-refractivity contribution is 7.91. The highest BCUT2D eigenvalue weighted by Gasteiger charge is 2.30. The number of hydrogen-bond acceptors (Lipinski definition) is 4. The maximum Gasteiger partial charge on any atom is 0.181 e. The fourth-order valence-corrected chi connectivity index (χ4v) is 3.00. The Bertz CT molecular complexity index is 546. The van der Waals surface area contributed by atoms with Crippen molar-refractivity contribution in [2.75, 3.05) is 12.4 Å². The normalized spacial score (nSPS) is 22.9. The molecule has 4 nitrogen and oxygen atoms in total. The molecule has 0 aromatic heterocycles. The van der Waals surface area contributed by atoms with Crippen LogP contribution in [0.15, 0.2) is 47.4 Å². The first-order valence-corrected chi connectivity index (χ1v) is 7.80. The molecule has 0 aliphatic carbocycles. The zero-order chi connectivity index (χ0) is 13.9. The van der Waals surface area contributed by atoms with E-state index in [1.165, 1.54) is 0 Å². The summed E-state index contributed by atoms with van der Waals surface area (Å²) >= 11 is 0. The third-order valence-electron chi connectivity index (χ3n) is 2.80. The quantitative estimate of drug-likeness (QED) is 0.794. The molecule has 104 valence electrons. The van der Waals surface area contributed by atoms with Crippen molar-refractivity contribution in [3.8, 4) is 0 Å². The number of rotatable bonds is 4. The molecule has 0 N–H and O–H groups in total. The molecule has 0 saturated carbocycles. The molecule has 19 heavy (non-hydrogen) atoms. The molecule has 1 aliphatic heterocycles. The van der Waals surface area contributed by atoms with E-state index in [0.717, 1.165) is 0 Å². The lowest BCUT2D eigenvalue weighted by Crippen LogP contribution is -2.20. The molecule has 2 rings (SSSR count). The second-order valence-corrected chi connectivity index (χ2v) is 6.92. The van der Waals surface area contributed by atoms with Crippen LogP contribution in [-0.2, 0) is 19.3 Å². The molecule has 1 unspecified atom stereocenters. The van der Waals surface area contributed by atoms with E-state index in [1.54, 1.807) is 42.5 Å². The maximum absolute atomic E-state index is 12.0. The molecular formula is C14H18O4S. The second kappa shape index (κ2) is 5.45. The average molecular weight is 282 g/mol. The zero-order valence-corrected chi connectivity index (χ0v) is 11.9. The Hall–Kier alpha value is -1.17. The largest absolute Gasteiger partial charge is 0.347 e. The van der Waals surface area contributed by atoms with Gasteiger partial charge < -0.3 is 9.47 Å². The summed E-state index contributed by atoms with van der Waals surface area (Å²) in [6.45, 7) is 4.12. The van der Waals surface area contributed by atoms with Crippen LogP contribution in [-0.4, -0.2) is 32.7 Å². The summed E-state index contributed by atoms with van der Waals surface area (Å²) in [7, 11) is -3.26. The smallest absolute Gasteiger partial charge is 0.181 e. The molecule has 0 spiro atoms. The number of benzene rings is 1. The number of sulfone groups is 1. The van der Waals surface area contributed by atoms with Gasteiger partial charge in [0.25, 0.3) is 0 Å². The van der Waals surface area contributed by atoms with Crippen molar-refractivity contribution in [2.45, 2.75) is 30.6 Å². The predicted octanol–water partition coefficient (Wildman–Crippen LogP) is 2.17. The van der Waals surface area contributed by atoms with E-state index in [0.29, 0.717) is 11.5 Å². The van der Waals surface area contributed by atoms with Gasteiger partial charge in [-0.25, -0.2) is 8.42 Å². The van der Waals surface area contributed by atoms with E-state index in [-0.39, 0.29) is 11.9 Å². The lowest BCUT2D eigenvalue weighted by Gasteiger charge is -2.15. The van der Waals surface area contributed by atoms with Crippen LogP contribution in [0.2, 0.25) is 0 Å². The minimum Gasteiger partial charge on any atom is -0.347 e. The topological polar surface area (TPSA) is 52.6 Å². The molecular weight excluding hydrogens is 264 g/mol. The van der Waals surface area contributed by atoms with Crippen molar-refractivity contribution < 1.29 is 17.9 Å². The van der Waals surface area contributed by atoms with Gasteiger partial charge in [-0.3, -0.25) is 0 Å². The fraction of sp³-hybridized carbons (Fsp3) is 0.429. The van der Waals surface area contributed by atoms with Crippen molar-refractivity contribution in [1.29, 1.82) is 0 Å². The van der Waals surface area contributed by atoms with Gasteiger partial charge in [0.15, 0.2) is 15.6 Å². The van der Waals surface area contributed by atoms with Gasteiger partial charge in [-0.05, 0) is 26.0 Å². The van der Waals surface area contributed by atoms with E-state index in [4.69, 9.17) is 9.47 Å². The molecule has 1 aromatic carbocycles. The molecule has 1 aromatic rings. The summed E-state index contributed by atoms with van der Waals surface area (Å²) in [5.41, 5.74) is 0. The van der Waals surface area contributed by atoms with Gasteiger partial charge in [-0.15, -0.1) is 0 Å². The van der Waals surface area contributed by atoms with Gasteiger partial charge in [-0.1, -0.05) is 30.4 Å². The summed E-state index contributed by atoms with van der Waals surface area (Å²) in [5, 5.41) is 0. The van der Waals surface area contributed by atoms with Crippen LogP contribution in [0.4, 0.5) is 0 Å². The van der Waals surface area contributed by atoms with Crippen LogP contribution in [0.25, 0.3) is 0 Å². The average Bonchev–Trinajstić information content (AvgIpc) is 2.70. The third-order valence-corrected chi connectivity index (χ3v) is 4.42. The zero-order valence-electron chi connectivity index (χ0n) is 11.1. The lowest BCUT2D eigenvalue weighted by atomic mass is 10.3. The Labute approximate surface area is 114 Å². The lowest BCUT2D eigenvalue weighted by molar-refractivity contribution is -0.133. The van der Waals surface area contributed by atoms with Crippen LogP contribution >= 0.6 is 0 Å². The maximum atomic E-state index is 12.0. The highest BCUT2D eigenvalue weighted by atomic mass is 32.2. The summed E-state index contributed by atoms with van der Waals surface area (Å²) in [6, 6.07) is 8.42. The molecule has 1 heterocycles. The van der Waals surface area contributed by atoms with Gasteiger partial charge in [0.2, 0.25) is 0 Å². The van der Waals surface area contributed by atoms with Crippen molar-refractivity contribution in [3.05, 3.63) is 42.5 Å². The van der Waals surface area contributed by atoms with E-state index >= 15 is 0 Å². The fourth-order valence-electron chi connectivity index (χ4n) is 1.87. The molecule has 1 atom stereocenters. The first kappa shape index (κ1) is 14.2. The molecule has 0 bridgehead atoms. The molecule has 1 aliphatic rings. The van der Waals surface area contributed by atoms with Crippen LogP contribution in [0, 0.1) is 0 Å². The molecule has 1 fully saturated rings. The van der Waals surface area contributed by atoms with Crippen LogP contribution in [0.5, 0.6) is 0 Å². The number of hydrogen-bond donors (Lipinski definition) is 0. The summed E-state index contributed by atoms with van der Waals surface area (Å²) < 4.78 is 35.0. The Morgan fingerprint density at radius 1 is 1.32 bits per heavy atom. The number of ether oxygens (including phenoxy) is 2. The Kier molecular flexibility index (Phi) is 4.08. The Morgan fingerprint density at radius 3 is 2.58 bits per heavy atom. The van der Waals surface area contributed by atoms with Crippen LogP contribution < -0.4 is 0 Å². The van der Waals surface area contributed by atoms with Crippen molar-refractivity contribution in [2.24, 2.45) is 0 Å². The summed E-state index contributed by atoms with van der Waals surface area (Å²) in [5.74, 6) is -0.620. The van der Waals surface area contributed by atoms with E-state index in [2.05, 4.69) is 0 Å². The van der Waals surface area contributed by atoms with E-state index in [1.807, 2.05) is 13.8 Å². The first-order chi connectivity index (χ1) is 8.89. The van der Waals surface area contributed by atoms with Gasteiger partial charge in [-0.2, -0.15) is 0 Å².